The lowest BCUT2D eigenvalue weighted by Gasteiger charge is -2.22. The number of ether oxygens (including phenoxy) is 1. The number of amides is 1. The quantitative estimate of drug-likeness (QED) is 0.935. The van der Waals surface area contributed by atoms with E-state index in [1.165, 1.54) is 0 Å². The molecule has 2 fully saturated rings. The number of fused-ring (bicyclic) bond motifs is 1. The molecule has 1 aromatic carbocycles. The van der Waals surface area contributed by atoms with Gasteiger partial charge in [-0.25, -0.2) is 4.98 Å². The van der Waals surface area contributed by atoms with Gasteiger partial charge in [0.15, 0.2) is 0 Å². The van der Waals surface area contributed by atoms with Crippen LogP contribution in [0.4, 0.5) is 5.95 Å². The molecule has 1 spiro atoms. The summed E-state index contributed by atoms with van der Waals surface area (Å²) in [6.07, 6.45) is 2.95. The van der Waals surface area contributed by atoms with Gasteiger partial charge >= 0.3 is 0 Å². The highest BCUT2D eigenvalue weighted by Gasteiger charge is 2.58. The van der Waals surface area contributed by atoms with Crippen molar-refractivity contribution in [3.05, 3.63) is 23.2 Å². The molecule has 1 aliphatic carbocycles. The van der Waals surface area contributed by atoms with Crippen LogP contribution in [0, 0.1) is 11.3 Å². The van der Waals surface area contributed by atoms with Crippen LogP contribution in [0.1, 0.15) is 26.2 Å². The van der Waals surface area contributed by atoms with E-state index in [4.69, 9.17) is 16.3 Å². The fourth-order valence-corrected chi connectivity index (χ4v) is 3.93. The number of imidazole rings is 1. The minimum absolute atomic E-state index is 0.0861. The minimum Gasteiger partial charge on any atom is -0.381 e. The summed E-state index contributed by atoms with van der Waals surface area (Å²) in [6.45, 7) is 4.34. The van der Waals surface area contributed by atoms with Gasteiger partial charge in [0.1, 0.15) is 0 Å². The molecule has 2 aliphatic rings. The van der Waals surface area contributed by atoms with Gasteiger partial charge in [-0.3, -0.25) is 10.1 Å². The van der Waals surface area contributed by atoms with Gasteiger partial charge in [-0.05, 0) is 49.8 Å². The van der Waals surface area contributed by atoms with Gasteiger partial charge in [0.2, 0.25) is 11.9 Å². The summed E-state index contributed by atoms with van der Waals surface area (Å²) in [5.74, 6) is 0.798. The predicted molar refractivity (Wildman–Crippen MR) is 89.6 cm³/mol. The van der Waals surface area contributed by atoms with Crippen LogP contribution in [0.3, 0.4) is 0 Å². The van der Waals surface area contributed by atoms with E-state index in [1.54, 1.807) is 0 Å². The molecule has 0 radical (unpaired) electrons. The topological polar surface area (TPSA) is 56.2 Å². The van der Waals surface area contributed by atoms with Gasteiger partial charge in [0, 0.05) is 30.7 Å². The van der Waals surface area contributed by atoms with Crippen molar-refractivity contribution in [1.29, 1.82) is 0 Å². The summed E-state index contributed by atoms with van der Waals surface area (Å²) in [4.78, 5) is 17.2. The number of hydrogen-bond donors (Lipinski definition) is 1. The van der Waals surface area contributed by atoms with E-state index in [9.17, 15) is 4.79 Å². The molecule has 0 bridgehead atoms. The van der Waals surface area contributed by atoms with Crippen molar-refractivity contribution >= 4 is 34.5 Å². The Kier molecular flexibility index (Phi) is 3.58. The smallest absolute Gasteiger partial charge is 0.230 e. The largest absolute Gasteiger partial charge is 0.381 e. The Hall–Kier alpha value is -1.59. The summed E-state index contributed by atoms with van der Waals surface area (Å²) in [5, 5.41) is 3.69. The fraction of sp³-hybridized carbons (Fsp3) is 0.529. The molecule has 6 heteroatoms. The van der Waals surface area contributed by atoms with Crippen LogP contribution >= 0.6 is 11.6 Å². The summed E-state index contributed by atoms with van der Waals surface area (Å²) in [7, 11) is 0. The van der Waals surface area contributed by atoms with Crippen LogP contribution in [-0.4, -0.2) is 28.7 Å². The number of nitrogens with one attached hydrogen (secondary N) is 1. The molecule has 1 saturated heterocycles. The van der Waals surface area contributed by atoms with E-state index in [1.807, 2.05) is 29.7 Å². The number of aryl methyl sites for hydroxylation is 1. The van der Waals surface area contributed by atoms with Crippen LogP contribution in [0.15, 0.2) is 18.2 Å². The third kappa shape index (κ3) is 2.52. The van der Waals surface area contributed by atoms with Gasteiger partial charge in [-0.1, -0.05) is 11.6 Å². The van der Waals surface area contributed by atoms with Crippen molar-refractivity contribution < 1.29 is 9.53 Å². The van der Waals surface area contributed by atoms with Gasteiger partial charge in [-0.2, -0.15) is 0 Å². The number of rotatable bonds is 3. The lowest BCUT2D eigenvalue weighted by Crippen LogP contribution is -2.25. The van der Waals surface area contributed by atoms with Gasteiger partial charge in [0.25, 0.3) is 0 Å². The van der Waals surface area contributed by atoms with E-state index in [2.05, 4.69) is 10.3 Å². The zero-order valence-electron chi connectivity index (χ0n) is 13.1. The maximum atomic E-state index is 12.6. The molecular formula is C17H20ClN3O2. The first kappa shape index (κ1) is 15.0. The van der Waals surface area contributed by atoms with Crippen LogP contribution in [0.2, 0.25) is 5.02 Å². The Morgan fingerprint density at radius 3 is 3.00 bits per heavy atom. The molecule has 122 valence electrons. The molecule has 2 aromatic rings. The van der Waals surface area contributed by atoms with E-state index in [0.29, 0.717) is 11.0 Å². The predicted octanol–water partition coefficient (Wildman–Crippen LogP) is 3.46. The molecule has 1 atom stereocenters. The van der Waals surface area contributed by atoms with Gasteiger partial charge < -0.3 is 9.30 Å². The highest BCUT2D eigenvalue weighted by Crippen LogP contribution is 2.59. The second-order valence-electron chi connectivity index (χ2n) is 6.53. The van der Waals surface area contributed by atoms with Crippen molar-refractivity contribution in [3.8, 4) is 0 Å². The number of aromatic nitrogens is 2. The lowest BCUT2D eigenvalue weighted by molar-refractivity contribution is -0.118. The number of halogens is 1. The summed E-state index contributed by atoms with van der Waals surface area (Å²) in [5.41, 5.74) is 1.98. The zero-order valence-corrected chi connectivity index (χ0v) is 13.9. The first-order chi connectivity index (χ1) is 11.1. The van der Waals surface area contributed by atoms with Crippen molar-refractivity contribution in [1.82, 2.24) is 9.55 Å². The Morgan fingerprint density at radius 1 is 1.48 bits per heavy atom. The Bertz CT molecular complexity index is 765. The molecule has 5 nitrogen and oxygen atoms in total. The summed E-state index contributed by atoms with van der Waals surface area (Å²) in [6, 6.07) is 5.62. The Balaban J connectivity index is 1.57. The van der Waals surface area contributed by atoms with Crippen molar-refractivity contribution in [2.24, 2.45) is 11.3 Å². The average Bonchev–Trinajstić information content (AvgIpc) is 3.12. The number of carbonyl (C=O) groups is 1. The van der Waals surface area contributed by atoms with Crippen LogP contribution < -0.4 is 5.32 Å². The average molecular weight is 334 g/mol. The molecule has 23 heavy (non-hydrogen) atoms. The van der Waals surface area contributed by atoms with Crippen molar-refractivity contribution in [2.75, 3.05) is 18.5 Å². The third-order valence-corrected chi connectivity index (χ3v) is 5.49. The van der Waals surface area contributed by atoms with Gasteiger partial charge in [0.05, 0.1) is 11.0 Å². The molecule has 1 saturated carbocycles. The Morgan fingerprint density at radius 2 is 2.26 bits per heavy atom. The first-order valence-corrected chi connectivity index (χ1v) is 8.55. The SMILES string of the molecule is CCn1c(NC(=O)[C@H]2CC23CCOCC3)nc2cc(Cl)ccc21. The number of carbonyl (C=O) groups excluding carboxylic acids is 1. The molecule has 2 heterocycles. The molecular weight excluding hydrogens is 314 g/mol. The van der Waals surface area contributed by atoms with Crippen LogP contribution in [0.25, 0.3) is 11.0 Å². The lowest BCUT2D eigenvalue weighted by atomic mass is 9.94. The van der Waals surface area contributed by atoms with Crippen molar-refractivity contribution in [3.63, 3.8) is 0 Å². The molecule has 1 N–H and O–H groups in total. The standard InChI is InChI=1S/C17H20ClN3O2/c1-2-21-14-4-3-11(18)9-13(14)19-16(21)20-15(22)12-10-17(12)5-7-23-8-6-17/h3-4,9,12H,2,5-8,10H2,1H3,(H,19,20,22)/t12-/m1/s1. The Labute approximate surface area is 140 Å². The molecule has 1 amide bonds. The second-order valence-corrected chi connectivity index (χ2v) is 6.97. The normalized spacial score (nSPS) is 22.4. The third-order valence-electron chi connectivity index (χ3n) is 5.26. The summed E-state index contributed by atoms with van der Waals surface area (Å²) < 4.78 is 7.43. The minimum atomic E-state index is 0.0861. The number of hydrogen-bond acceptors (Lipinski definition) is 3. The van der Waals surface area contributed by atoms with Crippen LogP contribution in [-0.2, 0) is 16.1 Å². The molecule has 0 unspecified atom stereocenters. The molecule has 1 aromatic heterocycles. The number of anilines is 1. The van der Waals surface area contributed by atoms with E-state index in [0.717, 1.165) is 50.1 Å². The molecule has 4 rings (SSSR count). The number of benzene rings is 1. The van der Waals surface area contributed by atoms with Gasteiger partial charge in [-0.15, -0.1) is 0 Å². The highest BCUT2D eigenvalue weighted by molar-refractivity contribution is 6.31. The first-order valence-electron chi connectivity index (χ1n) is 8.17. The highest BCUT2D eigenvalue weighted by atomic mass is 35.5. The fourth-order valence-electron chi connectivity index (χ4n) is 3.76. The summed E-state index contributed by atoms with van der Waals surface area (Å²) >= 11 is 6.04. The van der Waals surface area contributed by atoms with Crippen molar-refractivity contribution in [2.45, 2.75) is 32.7 Å². The maximum Gasteiger partial charge on any atom is 0.230 e. The van der Waals surface area contributed by atoms with Crippen LogP contribution in [0.5, 0.6) is 0 Å². The molecule has 1 aliphatic heterocycles. The number of nitrogens with zero attached hydrogens (tertiary/aromatic N) is 2. The monoisotopic (exact) mass is 333 g/mol. The van der Waals surface area contributed by atoms with E-state index < -0.39 is 0 Å². The van der Waals surface area contributed by atoms with E-state index >= 15 is 0 Å². The zero-order chi connectivity index (χ0) is 16.0. The van der Waals surface area contributed by atoms with E-state index in [-0.39, 0.29) is 17.2 Å². The second kappa shape index (κ2) is 5.49. The maximum absolute atomic E-state index is 12.6.